The maximum absolute atomic E-state index is 13.5. The molecule has 10 heteroatoms. The molecule has 9 nitrogen and oxygen atoms in total. The molecule has 0 heterocycles. The Labute approximate surface area is 451 Å². The van der Waals surface area contributed by atoms with Crippen LogP contribution in [0.2, 0.25) is 0 Å². The summed E-state index contributed by atoms with van der Waals surface area (Å²) in [6.45, 7) is 6.96. The summed E-state index contributed by atoms with van der Waals surface area (Å²) in [7, 11) is 1.48. The molecule has 0 saturated carbocycles. The van der Waals surface area contributed by atoms with E-state index in [2.05, 4.69) is 74.7 Å². The largest absolute Gasteiger partial charge is 0.472 e. The molecule has 3 atom stereocenters. The SMILES string of the molecule is CCCCC/C=C\C/C=C\C/C=C\CCCCCCCCCCCCC(=O)OC(/C=C\CCCCCCCCCCC)C(COP(=O)(O)OCC[N+](C)(C)C)NC(=O)CCCCC/C=C\CCCCCCCC. The highest BCUT2D eigenvalue weighted by Gasteiger charge is 2.30. The minimum atomic E-state index is -4.45. The molecule has 0 aromatic heterocycles. The van der Waals surface area contributed by atoms with Gasteiger partial charge in [0.15, 0.2) is 0 Å². The molecule has 0 aromatic carbocycles. The molecule has 1 amide bonds. The van der Waals surface area contributed by atoms with Crippen molar-refractivity contribution in [3.8, 4) is 0 Å². The van der Waals surface area contributed by atoms with Gasteiger partial charge in [0.1, 0.15) is 19.3 Å². The number of phosphoric ester groups is 1. The summed E-state index contributed by atoms with van der Waals surface area (Å²) in [6, 6.07) is -0.857. The summed E-state index contributed by atoms with van der Waals surface area (Å²) in [5.74, 6) is -0.525. The van der Waals surface area contributed by atoms with Crippen molar-refractivity contribution in [3.63, 3.8) is 0 Å². The summed E-state index contributed by atoms with van der Waals surface area (Å²) in [4.78, 5) is 37.6. The van der Waals surface area contributed by atoms with E-state index in [-0.39, 0.29) is 31.5 Å². The predicted octanol–water partition coefficient (Wildman–Crippen LogP) is 18.7. The zero-order chi connectivity index (χ0) is 53.6. The van der Waals surface area contributed by atoms with Crippen molar-refractivity contribution in [3.05, 3.63) is 60.8 Å². The molecular weight excluding hydrogens is 928 g/mol. The Morgan fingerprint density at radius 3 is 1.30 bits per heavy atom. The number of phosphoric acid groups is 1. The Bertz CT molecular complexity index is 1440. The van der Waals surface area contributed by atoms with Crippen molar-refractivity contribution >= 4 is 19.7 Å². The molecule has 0 spiro atoms. The standard InChI is InChI=1S/C63H117N2O7P/c1-7-10-13-16-19-22-25-27-28-29-30-31-32-33-34-35-36-38-41-44-47-50-53-56-63(67)72-61(54-51-48-45-42-39-24-21-18-15-12-9-3)60(59-71-73(68,69)70-58-57-65(4,5)6)64-62(66)55-52-49-46-43-40-37-26-23-20-17-14-11-8-2/h19,22,27-28,30-31,37,40,51,54,60-61H,7-18,20-21,23-26,29,32-36,38-39,41-50,52-53,55-59H2,1-6H3,(H-,64,66,68,69)/p+1/b22-19-,28-27-,31-30-,40-37-,54-51-. The average molecular weight is 1050 g/mol. The van der Waals surface area contributed by atoms with Gasteiger partial charge in [0.25, 0.3) is 0 Å². The second-order valence-corrected chi connectivity index (χ2v) is 23.3. The van der Waals surface area contributed by atoms with Gasteiger partial charge in [-0.1, -0.05) is 230 Å². The Balaban J connectivity index is 5.17. The van der Waals surface area contributed by atoms with E-state index in [1.54, 1.807) is 0 Å². The van der Waals surface area contributed by atoms with Gasteiger partial charge in [-0.3, -0.25) is 18.6 Å². The second-order valence-electron chi connectivity index (χ2n) is 21.9. The summed E-state index contributed by atoms with van der Waals surface area (Å²) in [6.07, 6.45) is 66.5. The minimum Gasteiger partial charge on any atom is -0.456 e. The molecule has 0 radical (unpaired) electrons. The third-order valence-electron chi connectivity index (χ3n) is 13.4. The lowest BCUT2D eigenvalue weighted by atomic mass is 10.0. The molecule has 3 unspecified atom stereocenters. The molecule has 0 bridgehead atoms. The van der Waals surface area contributed by atoms with Crippen molar-refractivity contribution in [1.82, 2.24) is 5.32 Å². The summed E-state index contributed by atoms with van der Waals surface area (Å²) in [5, 5.41) is 3.04. The molecule has 73 heavy (non-hydrogen) atoms. The zero-order valence-electron chi connectivity index (χ0n) is 48.6. The number of nitrogens with one attached hydrogen (secondary N) is 1. The number of carbonyl (C=O) groups excluding carboxylic acids is 2. The topological polar surface area (TPSA) is 111 Å². The Morgan fingerprint density at radius 2 is 0.836 bits per heavy atom. The molecule has 0 rings (SSSR count). The smallest absolute Gasteiger partial charge is 0.456 e. The van der Waals surface area contributed by atoms with E-state index in [4.69, 9.17) is 13.8 Å². The fraction of sp³-hybridized carbons (Fsp3) is 0.810. The van der Waals surface area contributed by atoms with Crippen molar-refractivity contribution in [2.75, 3.05) is 40.9 Å². The first-order chi connectivity index (χ1) is 35.4. The Hall–Kier alpha value is -2.29. The second kappa shape index (κ2) is 53.1. The van der Waals surface area contributed by atoms with Gasteiger partial charge in [-0.15, -0.1) is 0 Å². The van der Waals surface area contributed by atoms with Gasteiger partial charge in [-0.25, -0.2) is 4.57 Å². The van der Waals surface area contributed by atoms with E-state index in [9.17, 15) is 19.0 Å². The van der Waals surface area contributed by atoms with Crippen LogP contribution in [0.5, 0.6) is 0 Å². The summed E-state index contributed by atoms with van der Waals surface area (Å²) in [5.41, 5.74) is 0. The monoisotopic (exact) mass is 1050 g/mol. The van der Waals surface area contributed by atoms with Crippen molar-refractivity contribution < 1.29 is 37.3 Å². The van der Waals surface area contributed by atoms with Gasteiger partial charge in [0, 0.05) is 12.8 Å². The van der Waals surface area contributed by atoms with Crippen LogP contribution in [-0.4, -0.2) is 74.3 Å². The van der Waals surface area contributed by atoms with Crippen molar-refractivity contribution in [2.45, 2.75) is 290 Å². The first kappa shape index (κ1) is 70.7. The molecule has 426 valence electrons. The molecule has 0 aliphatic rings. The molecule has 2 N–H and O–H groups in total. The van der Waals surface area contributed by atoms with Gasteiger partial charge < -0.3 is 19.4 Å². The van der Waals surface area contributed by atoms with Crippen molar-refractivity contribution in [2.24, 2.45) is 0 Å². The molecule has 0 aromatic rings. The number of nitrogens with zero attached hydrogens (tertiary/aromatic N) is 1. The van der Waals surface area contributed by atoms with E-state index >= 15 is 0 Å². The molecule has 0 aliphatic carbocycles. The first-order valence-corrected chi connectivity index (χ1v) is 32.1. The number of unbranched alkanes of at least 4 members (excludes halogenated alkanes) is 31. The summed E-state index contributed by atoms with van der Waals surface area (Å²) >= 11 is 0. The number of allylic oxidation sites excluding steroid dienone is 9. The van der Waals surface area contributed by atoms with Gasteiger partial charge in [0.2, 0.25) is 5.91 Å². The normalized spacial score (nSPS) is 14.1. The quantitative estimate of drug-likeness (QED) is 0.0205. The van der Waals surface area contributed by atoms with Crippen LogP contribution in [0.3, 0.4) is 0 Å². The third-order valence-corrected chi connectivity index (χ3v) is 14.4. The van der Waals surface area contributed by atoms with Crippen LogP contribution in [0, 0.1) is 0 Å². The van der Waals surface area contributed by atoms with E-state index in [0.29, 0.717) is 17.4 Å². The number of likely N-dealkylation sites (N-methyl/N-ethyl adjacent to an activating group) is 1. The molecule has 0 saturated heterocycles. The molecule has 0 fully saturated rings. The highest BCUT2D eigenvalue weighted by atomic mass is 31.2. The van der Waals surface area contributed by atoms with E-state index in [1.165, 1.54) is 161 Å². The average Bonchev–Trinajstić information content (AvgIpc) is 3.35. The van der Waals surface area contributed by atoms with E-state index in [1.807, 2.05) is 33.3 Å². The maximum Gasteiger partial charge on any atom is 0.472 e. The first-order valence-electron chi connectivity index (χ1n) is 30.6. The minimum absolute atomic E-state index is 0.0361. The number of carbonyl (C=O) groups is 2. The number of ether oxygens (including phenoxy) is 1. The van der Waals surface area contributed by atoms with Crippen LogP contribution in [0.25, 0.3) is 0 Å². The maximum atomic E-state index is 13.5. The molecular formula is C63H118N2O7P+. The number of amides is 1. The summed E-state index contributed by atoms with van der Waals surface area (Å²) < 4.78 is 30.6. The van der Waals surface area contributed by atoms with Crippen molar-refractivity contribution in [1.29, 1.82) is 0 Å². The van der Waals surface area contributed by atoms with Crippen LogP contribution < -0.4 is 5.32 Å². The van der Waals surface area contributed by atoms with Gasteiger partial charge in [-0.05, 0) is 96.0 Å². The Kier molecular flexibility index (Phi) is 51.5. The number of hydrogen-bond donors (Lipinski definition) is 2. The number of esters is 1. The highest BCUT2D eigenvalue weighted by Crippen LogP contribution is 2.43. The van der Waals surface area contributed by atoms with E-state index < -0.39 is 20.0 Å². The number of rotatable bonds is 55. The number of hydrogen-bond acceptors (Lipinski definition) is 6. The lowest BCUT2D eigenvalue weighted by Gasteiger charge is -2.27. The molecule has 0 aliphatic heterocycles. The fourth-order valence-electron chi connectivity index (χ4n) is 8.65. The lowest BCUT2D eigenvalue weighted by Crippen LogP contribution is -2.47. The predicted molar refractivity (Wildman–Crippen MR) is 314 cm³/mol. The lowest BCUT2D eigenvalue weighted by molar-refractivity contribution is -0.870. The zero-order valence-corrected chi connectivity index (χ0v) is 49.5. The van der Waals surface area contributed by atoms with Crippen LogP contribution in [0.15, 0.2) is 60.8 Å². The van der Waals surface area contributed by atoms with Crippen LogP contribution in [-0.2, 0) is 27.9 Å². The third kappa shape index (κ3) is 54.3. The fourth-order valence-corrected chi connectivity index (χ4v) is 9.38. The van der Waals surface area contributed by atoms with Crippen LogP contribution in [0.1, 0.15) is 278 Å². The van der Waals surface area contributed by atoms with Gasteiger partial charge >= 0.3 is 13.8 Å². The Morgan fingerprint density at radius 1 is 0.479 bits per heavy atom. The van der Waals surface area contributed by atoms with Crippen LogP contribution in [0.4, 0.5) is 0 Å². The highest BCUT2D eigenvalue weighted by molar-refractivity contribution is 7.47. The number of quaternary nitrogens is 1. The van der Waals surface area contributed by atoms with E-state index in [0.717, 1.165) is 83.5 Å². The van der Waals surface area contributed by atoms with Gasteiger partial charge in [-0.2, -0.15) is 0 Å². The van der Waals surface area contributed by atoms with Gasteiger partial charge in [0.05, 0.1) is 33.8 Å². The van der Waals surface area contributed by atoms with Crippen LogP contribution >= 0.6 is 7.82 Å².